The average Bonchev–Trinajstić information content (AvgIpc) is 4.09. The molecule has 0 aliphatic carbocycles. The summed E-state index contributed by atoms with van der Waals surface area (Å²) in [6.07, 6.45) is 7.73. The van der Waals surface area contributed by atoms with Gasteiger partial charge in [0.05, 0.1) is 31.2 Å². The number of pyridine rings is 2. The number of benzene rings is 2. The maximum absolute atomic E-state index is 13.6. The molecule has 374 valence electrons. The number of furan rings is 1. The second kappa shape index (κ2) is 23.1. The Hall–Kier alpha value is -8.21. The number of halogens is 1. The Balaban J connectivity index is 0.803. The molecule has 3 amide bonds. The summed E-state index contributed by atoms with van der Waals surface area (Å²) in [5, 5.41) is 29.3. The molecule has 72 heavy (non-hydrogen) atoms. The number of piperidine rings is 1. The first-order chi connectivity index (χ1) is 34.9. The number of rotatable bonds is 21. The highest BCUT2D eigenvalue weighted by Gasteiger charge is 2.29. The van der Waals surface area contributed by atoms with Crippen LogP contribution in [0.2, 0.25) is 5.02 Å². The number of nitrogens with two attached hydrogens (primary N) is 1. The van der Waals surface area contributed by atoms with E-state index in [-0.39, 0.29) is 46.4 Å². The van der Waals surface area contributed by atoms with E-state index in [2.05, 4.69) is 56.6 Å². The fourth-order valence-electron chi connectivity index (χ4n) is 8.21. The quantitative estimate of drug-likeness (QED) is 0.0416. The van der Waals surface area contributed by atoms with Gasteiger partial charge in [-0.1, -0.05) is 42.3 Å². The minimum atomic E-state index is -0.864. The van der Waals surface area contributed by atoms with Gasteiger partial charge in [0.25, 0.3) is 17.6 Å². The minimum absolute atomic E-state index is 0.0876. The minimum Gasteiger partial charge on any atom is -0.496 e. The van der Waals surface area contributed by atoms with Crippen molar-refractivity contribution in [2.75, 3.05) is 62.1 Å². The molecule has 2 aromatic carbocycles. The van der Waals surface area contributed by atoms with E-state index in [9.17, 15) is 24.3 Å². The molecule has 1 fully saturated rings. The molecule has 0 spiro atoms. The molecule has 0 bridgehead atoms. The topological polar surface area (TPSA) is 291 Å². The van der Waals surface area contributed by atoms with E-state index in [4.69, 9.17) is 31.2 Å². The molecule has 23 heteroatoms. The van der Waals surface area contributed by atoms with E-state index in [1.54, 1.807) is 48.7 Å². The zero-order valence-electron chi connectivity index (χ0n) is 39.7. The van der Waals surface area contributed by atoms with E-state index in [1.807, 2.05) is 24.0 Å². The number of amides is 3. The lowest BCUT2D eigenvalue weighted by Gasteiger charge is -2.33. The lowest BCUT2D eigenvalue weighted by molar-refractivity contribution is -0.144. The number of nitrogens with one attached hydrogen (secondary N) is 5. The highest BCUT2D eigenvalue weighted by atomic mass is 35.5. The zero-order valence-corrected chi connectivity index (χ0v) is 40.5. The van der Waals surface area contributed by atoms with E-state index in [1.165, 1.54) is 37.3 Å². The Kier molecular flexibility index (Phi) is 16.1. The van der Waals surface area contributed by atoms with Crippen LogP contribution in [0.3, 0.4) is 0 Å². The molecule has 5 aromatic heterocycles. The molecule has 0 unspecified atom stereocenters. The number of likely N-dealkylation sites (tertiary alicyclic amines) is 1. The van der Waals surface area contributed by atoms with Crippen molar-refractivity contribution in [3.8, 4) is 34.2 Å². The first-order valence-electron chi connectivity index (χ1n) is 23.1. The van der Waals surface area contributed by atoms with E-state index in [0.717, 1.165) is 24.0 Å². The highest BCUT2D eigenvalue weighted by Crippen LogP contribution is 2.38. The summed E-state index contributed by atoms with van der Waals surface area (Å²) in [5.41, 5.74) is 10.6. The van der Waals surface area contributed by atoms with Crippen molar-refractivity contribution in [1.29, 1.82) is 0 Å². The third-order valence-electron chi connectivity index (χ3n) is 12.0. The first kappa shape index (κ1) is 50.2. The van der Waals surface area contributed by atoms with Crippen LogP contribution in [-0.2, 0) is 22.7 Å². The molecule has 7 aromatic rings. The van der Waals surface area contributed by atoms with Gasteiger partial charge in [0.2, 0.25) is 23.6 Å². The molecule has 0 radical (unpaired) electrons. The molecule has 1 aliphatic rings. The number of hydrogen-bond donors (Lipinski definition) is 7. The average molecular weight is 1000 g/mol. The van der Waals surface area contributed by atoms with Crippen LogP contribution in [0.1, 0.15) is 69.8 Å². The van der Waals surface area contributed by atoms with Crippen LogP contribution in [0.15, 0.2) is 83.7 Å². The van der Waals surface area contributed by atoms with E-state index < -0.39 is 23.8 Å². The normalized spacial score (nSPS) is 13.6. The Morgan fingerprint density at radius 2 is 1.57 bits per heavy atom. The molecule has 8 N–H and O–H groups in total. The summed E-state index contributed by atoms with van der Waals surface area (Å²) < 4.78 is 17.9. The lowest BCUT2D eigenvalue weighted by Crippen LogP contribution is -2.44. The van der Waals surface area contributed by atoms with Gasteiger partial charge in [-0.25, -0.2) is 0 Å². The lowest BCUT2D eigenvalue weighted by atomic mass is 9.98. The monoisotopic (exact) mass is 1000 g/mol. The van der Waals surface area contributed by atoms with Crippen LogP contribution in [0.5, 0.6) is 11.5 Å². The van der Waals surface area contributed by atoms with Crippen LogP contribution in [0, 0.1) is 6.92 Å². The standard InChI is InChI=1S/C49H53ClN14O8/c1-28-31(32-11-7-13-34(42(32)50)58-45(67)36-23-40(71-3)30(26-56-36)27-63-20-5-4-14-37(63)46(68)69)10-6-12-33(28)57-44(66)35-22-39(70-2)29(25-55-35)24-52-18-19-53-41(65)16-8-17-54-48-60-47(51)64-49(61-48)59-43(62-64)38-15-9-21-72-38/h6-7,9-13,15,21-23,25-26,37,52H,4-5,8,14,16-20,24,27H2,1-3H3,(H,53,65)(H,57,66)(H,58,67)(H,68,69)(H3,51,54,59,60,61,62)/t37-/m0/s1. The van der Waals surface area contributed by atoms with Crippen molar-refractivity contribution >= 4 is 64.3 Å². The molecular weight excluding hydrogens is 948 g/mol. The molecule has 22 nitrogen and oxygen atoms in total. The third kappa shape index (κ3) is 11.9. The van der Waals surface area contributed by atoms with Gasteiger partial charge in [-0.15, -0.1) is 5.10 Å². The SMILES string of the molecule is COc1cc(C(=O)Nc2cccc(-c3cccc(NC(=O)c4cc(OC)c(CN5CCCC[C@H]5C(=O)O)cn4)c3Cl)c2C)ncc1CNCCNC(=O)CCCNc1nc(N)n2nc(-c3ccco3)nc2n1. The van der Waals surface area contributed by atoms with Crippen LogP contribution < -0.4 is 41.8 Å². The second-order valence-electron chi connectivity index (χ2n) is 16.7. The number of nitrogen functional groups attached to an aromatic ring is 1. The van der Waals surface area contributed by atoms with Gasteiger partial charge >= 0.3 is 5.97 Å². The van der Waals surface area contributed by atoms with Gasteiger partial charge in [-0.3, -0.25) is 34.0 Å². The number of carboxylic acid groups (broad SMARTS) is 1. The van der Waals surface area contributed by atoms with Gasteiger partial charge in [0.15, 0.2) is 5.76 Å². The molecule has 1 aliphatic heterocycles. The van der Waals surface area contributed by atoms with Crippen LogP contribution in [-0.4, -0.2) is 115 Å². The van der Waals surface area contributed by atoms with Crippen molar-refractivity contribution in [3.05, 3.63) is 112 Å². The molecule has 1 atom stereocenters. The van der Waals surface area contributed by atoms with Gasteiger partial charge in [0.1, 0.15) is 28.9 Å². The van der Waals surface area contributed by atoms with Crippen molar-refractivity contribution in [2.45, 2.75) is 58.2 Å². The van der Waals surface area contributed by atoms with Crippen LogP contribution in [0.25, 0.3) is 28.5 Å². The number of hydrogen-bond acceptors (Lipinski definition) is 17. The third-order valence-corrected chi connectivity index (χ3v) is 12.4. The van der Waals surface area contributed by atoms with Gasteiger partial charge in [-0.05, 0) is 68.1 Å². The number of carbonyl (C=O) groups is 4. The van der Waals surface area contributed by atoms with Crippen LogP contribution >= 0.6 is 11.6 Å². The Labute approximate surface area is 418 Å². The van der Waals surface area contributed by atoms with Gasteiger partial charge in [0, 0.05) is 86.0 Å². The Morgan fingerprint density at radius 1 is 0.861 bits per heavy atom. The number of ether oxygens (including phenoxy) is 2. The van der Waals surface area contributed by atoms with E-state index in [0.29, 0.717) is 103 Å². The van der Waals surface area contributed by atoms with Gasteiger partial charge in [-0.2, -0.15) is 19.5 Å². The van der Waals surface area contributed by atoms with Crippen LogP contribution in [0.4, 0.5) is 23.3 Å². The molecule has 0 saturated carbocycles. The van der Waals surface area contributed by atoms with Crippen molar-refractivity contribution in [3.63, 3.8) is 0 Å². The molecule has 1 saturated heterocycles. The summed E-state index contributed by atoms with van der Waals surface area (Å²) >= 11 is 6.95. The fraction of sp³-hybridized carbons (Fsp3) is 0.306. The number of carboxylic acids is 1. The molecule has 6 heterocycles. The second-order valence-corrected chi connectivity index (χ2v) is 17.1. The number of aromatic nitrogens is 7. The predicted octanol–water partition coefficient (Wildman–Crippen LogP) is 5.84. The number of anilines is 4. The smallest absolute Gasteiger partial charge is 0.320 e. The number of aliphatic carboxylic acids is 1. The summed E-state index contributed by atoms with van der Waals surface area (Å²) in [6, 6.07) is 16.6. The van der Waals surface area contributed by atoms with Crippen molar-refractivity contribution < 1.29 is 38.2 Å². The van der Waals surface area contributed by atoms with Crippen molar-refractivity contribution in [1.82, 2.24) is 50.1 Å². The molecular formula is C49H53ClN14O8. The van der Waals surface area contributed by atoms with Crippen molar-refractivity contribution in [2.24, 2.45) is 0 Å². The largest absolute Gasteiger partial charge is 0.496 e. The summed E-state index contributed by atoms with van der Waals surface area (Å²) in [7, 11) is 3.00. The van der Waals surface area contributed by atoms with Gasteiger partial charge < -0.3 is 51.3 Å². The number of carbonyl (C=O) groups excluding carboxylic acids is 3. The Morgan fingerprint density at radius 3 is 2.29 bits per heavy atom. The predicted molar refractivity (Wildman–Crippen MR) is 268 cm³/mol. The maximum Gasteiger partial charge on any atom is 0.320 e. The molecule has 8 rings (SSSR count). The summed E-state index contributed by atoms with van der Waals surface area (Å²) in [4.78, 5) is 75.1. The first-order valence-corrected chi connectivity index (χ1v) is 23.5. The summed E-state index contributed by atoms with van der Waals surface area (Å²) in [6.45, 7) is 4.45. The maximum atomic E-state index is 13.6. The zero-order chi connectivity index (χ0) is 50.7. The number of methoxy groups -OCH3 is 2. The number of fused-ring (bicyclic) bond motifs is 1. The highest BCUT2D eigenvalue weighted by molar-refractivity contribution is 6.36. The summed E-state index contributed by atoms with van der Waals surface area (Å²) in [5.74, 6) is 0.346. The van der Waals surface area contributed by atoms with E-state index >= 15 is 0 Å². The fourth-order valence-corrected chi connectivity index (χ4v) is 8.48. The number of nitrogens with zero attached hydrogens (tertiary/aromatic N) is 8. The Bertz CT molecular complexity index is 3100.